The van der Waals surface area contributed by atoms with Gasteiger partial charge in [-0.1, -0.05) is 11.6 Å². The smallest absolute Gasteiger partial charge is 0.294 e. The zero-order chi connectivity index (χ0) is 23.5. The number of benzene rings is 2. The summed E-state index contributed by atoms with van der Waals surface area (Å²) in [6.45, 7) is 3.21. The lowest BCUT2D eigenvalue weighted by Gasteiger charge is -2.34. The van der Waals surface area contributed by atoms with Gasteiger partial charge in [0.1, 0.15) is 5.69 Å². The van der Waals surface area contributed by atoms with E-state index >= 15 is 0 Å². The third-order valence-corrected chi connectivity index (χ3v) is 7.08. The number of piperidine rings is 1. The Bertz CT molecular complexity index is 1010. The molecule has 4 rings (SSSR count). The molecule has 1 N–H and O–H groups in total. The maximum atomic E-state index is 13.1. The molecule has 0 aliphatic carbocycles. The minimum absolute atomic E-state index is 0.00326. The topological polar surface area (TPSA) is 82.0 Å². The molecule has 2 heterocycles. The number of hydrogen-bond acceptors (Lipinski definition) is 6. The van der Waals surface area contributed by atoms with E-state index in [9.17, 15) is 14.9 Å². The summed E-state index contributed by atoms with van der Waals surface area (Å²) in [5.74, 6) is -0.0170. The molecule has 2 aliphatic heterocycles. The summed E-state index contributed by atoms with van der Waals surface area (Å²) in [5, 5.41) is 15.1. The van der Waals surface area contributed by atoms with E-state index < -0.39 is 4.92 Å². The summed E-state index contributed by atoms with van der Waals surface area (Å²) in [5.41, 5.74) is 2.62. The molecule has 0 bridgehead atoms. The number of nitrogens with one attached hydrogen (secondary N) is 1. The number of rotatable bonds is 6. The van der Waals surface area contributed by atoms with Crippen LogP contribution in [0.15, 0.2) is 42.5 Å². The second-order valence-corrected chi connectivity index (χ2v) is 9.22. The molecule has 33 heavy (non-hydrogen) atoms. The van der Waals surface area contributed by atoms with Crippen molar-refractivity contribution in [3.63, 3.8) is 0 Å². The summed E-state index contributed by atoms with van der Waals surface area (Å²) >= 11 is 5.94. The van der Waals surface area contributed by atoms with Crippen molar-refractivity contribution in [1.82, 2.24) is 5.32 Å². The quantitative estimate of drug-likeness (QED) is 0.508. The normalized spacial score (nSPS) is 19.1. The van der Waals surface area contributed by atoms with Crippen LogP contribution in [-0.4, -0.2) is 57.1 Å². The molecule has 2 aromatic rings. The van der Waals surface area contributed by atoms with Crippen LogP contribution in [0, 0.1) is 16.0 Å². The zero-order valence-corrected chi connectivity index (χ0v) is 19.8. The molecule has 1 amide bonds. The zero-order valence-electron chi connectivity index (χ0n) is 19.0. The molecule has 2 fully saturated rings. The van der Waals surface area contributed by atoms with E-state index in [2.05, 4.69) is 22.3 Å². The molecule has 0 saturated carbocycles. The van der Waals surface area contributed by atoms with Gasteiger partial charge in [-0.05, 0) is 62.7 Å². The fourth-order valence-corrected chi connectivity index (χ4v) is 4.96. The number of hydrogen-bond donors (Lipinski definition) is 1. The van der Waals surface area contributed by atoms with Crippen molar-refractivity contribution in [3.8, 4) is 0 Å². The van der Waals surface area contributed by atoms with Gasteiger partial charge in [0.05, 0.1) is 4.92 Å². The first-order chi connectivity index (χ1) is 15.9. The third kappa shape index (κ3) is 5.07. The number of carbonyl (C=O) groups is 1. The molecule has 9 heteroatoms. The summed E-state index contributed by atoms with van der Waals surface area (Å²) in [6, 6.07) is 13.4. The monoisotopic (exact) mass is 471 g/mol. The molecule has 0 aromatic heterocycles. The Labute approximate surface area is 199 Å². The fraction of sp³-hybridized carbons (Fsp3) is 0.458. The molecule has 176 valence electrons. The molecule has 0 spiro atoms. The highest BCUT2D eigenvalue weighted by Crippen LogP contribution is 2.34. The van der Waals surface area contributed by atoms with Crippen LogP contribution in [0.2, 0.25) is 5.02 Å². The first-order valence-electron chi connectivity index (χ1n) is 11.4. The van der Waals surface area contributed by atoms with Gasteiger partial charge < -0.3 is 20.0 Å². The number of likely N-dealkylation sites (N-methyl/N-ethyl adjacent to an activating group) is 1. The Morgan fingerprint density at radius 1 is 1.09 bits per heavy atom. The number of nitrogens with zero attached hydrogens (tertiary/aromatic N) is 4. The van der Waals surface area contributed by atoms with Crippen molar-refractivity contribution in [2.45, 2.75) is 25.3 Å². The first kappa shape index (κ1) is 23.3. The minimum Gasteiger partial charge on any atom is -0.370 e. The van der Waals surface area contributed by atoms with E-state index in [-0.39, 0.29) is 17.5 Å². The van der Waals surface area contributed by atoms with Crippen molar-refractivity contribution < 1.29 is 9.72 Å². The maximum Gasteiger partial charge on any atom is 0.294 e. The van der Waals surface area contributed by atoms with Crippen molar-refractivity contribution in [1.29, 1.82) is 0 Å². The van der Waals surface area contributed by atoms with Gasteiger partial charge in [0, 0.05) is 67.7 Å². The van der Waals surface area contributed by atoms with Crippen LogP contribution in [0.1, 0.15) is 19.3 Å². The van der Waals surface area contributed by atoms with Crippen LogP contribution in [0.25, 0.3) is 0 Å². The minimum atomic E-state index is -0.406. The van der Waals surface area contributed by atoms with Gasteiger partial charge in [-0.15, -0.1) is 0 Å². The van der Waals surface area contributed by atoms with Crippen LogP contribution in [0.4, 0.5) is 22.7 Å². The van der Waals surface area contributed by atoms with Gasteiger partial charge in [0.25, 0.3) is 5.69 Å². The van der Waals surface area contributed by atoms with Crippen LogP contribution < -0.4 is 20.0 Å². The molecule has 1 atom stereocenters. The SMILES string of the molecule is CNC1CCN(c2ccc(N(C)C(=O)C3CCN(c4ccc(Cl)cc4[N+](=O)[O-])CC3)cc2)C1. The van der Waals surface area contributed by atoms with E-state index in [1.165, 1.54) is 11.8 Å². The predicted octanol–water partition coefficient (Wildman–Crippen LogP) is 3.93. The van der Waals surface area contributed by atoms with Crippen molar-refractivity contribution in [3.05, 3.63) is 57.6 Å². The average Bonchev–Trinajstić information content (AvgIpc) is 3.33. The molecule has 2 aromatic carbocycles. The van der Waals surface area contributed by atoms with Crippen LogP contribution in [0.5, 0.6) is 0 Å². The highest BCUT2D eigenvalue weighted by molar-refractivity contribution is 6.30. The van der Waals surface area contributed by atoms with E-state index in [1.807, 2.05) is 31.1 Å². The van der Waals surface area contributed by atoms with Gasteiger partial charge in [-0.3, -0.25) is 14.9 Å². The summed E-state index contributed by atoms with van der Waals surface area (Å²) in [7, 11) is 3.82. The molecule has 8 nitrogen and oxygen atoms in total. The second-order valence-electron chi connectivity index (χ2n) is 8.79. The molecule has 1 unspecified atom stereocenters. The van der Waals surface area contributed by atoms with E-state index in [0.717, 1.165) is 25.2 Å². The number of halogens is 1. The lowest BCUT2D eigenvalue weighted by atomic mass is 9.94. The molecular weight excluding hydrogens is 442 g/mol. The van der Waals surface area contributed by atoms with Crippen molar-refractivity contribution >= 4 is 40.3 Å². The van der Waals surface area contributed by atoms with Gasteiger partial charge in [-0.25, -0.2) is 0 Å². The highest BCUT2D eigenvalue weighted by Gasteiger charge is 2.30. The molecule has 2 saturated heterocycles. The van der Waals surface area contributed by atoms with Gasteiger partial charge in [0.15, 0.2) is 0 Å². The summed E-state index contributed by atoms with van der Waals surface area (Å²) in [4.78, 5) is 30.2. The van der Waals surface area contributed by atoms with Gasteiger partial charge in [-0.2, -0.15) is 0 Å². The fourth-order valence-electron chi connectivity index (χ4n) is 4.80. The highest BCUT2D eigenvalue weighted by atomic mass is 35.5. The van der Waals surface area contributed by atoms with E-state index in [4.69, 9.17) is 11.6 Å². The number of carbonyl (C=O) groups excluding carboxylic acids is 1. The van der Waals surface area contributed by atoms with Gasteiger partial charge >= 0.3 is 0 Å². The standard InChI is InChI=1S/C24H30ClN5O3/c1-26-19-11-14-29(16-19)21-6-4-20(5-7-21)27(2)24(31)17-9-12-28(13-10-17)22-8-3-18(25)15-23(22)30(32)33/h3-8,15,17,19,26H,9-14,16H2,1-2H3. The third-order valence-electron chi connectivity index (χ3n) is 6.85. The number of nitro groups is 1. The van der Waals surface area contributed by atoms with Crippen molar-refractivity contribution in [2.24, 2.45) is 5.92 Å². The number of amides is 1. The van der Waals surface area contributed by atoms with Crippen molar-refractivity contribution in [2.75, 3.05) is 55.0 Å². The number of anilines is 3. The second kappa shape index (κ2) is 9.97. The number of nitro benzene ring substituents is 1. The Kier molecular flexibility index (Phi) is 7.05. The predicted molar refractivity (Wildman–Crippen MR) is 133 cm³/mol. The maximum absolute atomic E-state index is 13.1. The van der Waals surface area contributed by atoms with Crippen LogP contribution in [0.3, 0.4) is 0 Å². The molecule has 0 radical (unpaired) electrons. The van der Waals surface area contributed by atoms with Crippen LogP contribution >= 0.6 is 11.6 Å². The Morgan fingerprint density at radius 2 is 1.76 bits per heavy atom. The lowest BCUT2D eigenvalue weighted by molar-refractivity contribution is -0.384. The first-order valence-corrected chi connectivity index (χ1v) is 11.7. The molecule has 2 aliphatic rings. The van der Waals surface area contributed by atoms with Crippen LogP contribution in [-0.2, 0) is 4.79 Å². The van der Waals surface area contributed by atoms with Gasteiger partial charge in [0.2, 0.25) is 5.91 Å². The Morgan fingerprint density at radius 3 is 2.36 bits per heavy atom. The lowest BCUT2D eigenvalue weighted by Crippen LogP contribution is -2.41. The average molecular weight is 472 g/mol. The Hall–Kier alpha value is -2.84. The summed E-state index contributed by atoms with van der Waals surface area (Å²) < 4.78 is 0. The Balaban J connectivity index is 1.36. The van der Waals surface area contributed by atoms with E-state index in [1.54, 1.807) is 17.0 Å². The van der Waals surface area contributed by atoms with E-state index in [0.29, 0.717) is 42.7 Å². The summed E-state index contributed by atoms with van der Waals surface area (Å²) in [6.07, 6.45) is 2.44. The largest absolute Gasteiger partial charge is 0.370 e. The molecular formula is C24H30ClN5O3.